The van der Waals surface area contributed by atoms with Crippen LogP contribution in [0.3, 0.4) is 0 Å². The van der Waals surface area contributed by atoms with Crippen LogP contribution >= 0.6 is 11.6 Å². The van der Waals surface area contributed by atoms with Crippen molar-refractivity contribution in [2.24, 2.45) is 5.73 Å². The normalized spacial score (nSPS) is 13.7. The fraction of sp³-hybridized carbons (Fsp3) is 0.250. The molecule has 1 heterocycles. The molecule has 0 bridgehead atoms. The maximum Gasteiger partial charge on any atom is 0.0459 e. The van der Waals surface area contributed by atoms with E-state index in [2.05, 4.69) is 47.4 Å². The highest BCUT2D eigenvalue weighted by Crippen LogP contribution is 2.35. The van der Waals surface area contributed by atoms with Crippen LogP contribution in [0, 0.1) is 0 Å². The van der Waals surface area contributed by atoms with Gasteiger partial charge in [-0.3, -0.25) is 0 Å². The molecule has 2 nitrogen and oxygen atoms in total. The summed E-state index contributed by atoms with van der Waals surface area (Å²) in [4.78, 5) is 2.33. The summed E-state index contributed by atoms with van der Waals surface area (Å²) in [5, 5.41) is 0.812. The average molecular weight is 273 g/mol. The monoisotopic (exact) mass is 272 g/mol. The molecule has 0 amide bonds. The van der Waals surface area contributed by atoms with E-state index in [1.165, 1.54) is 11.3 Å². The zero-order valence-corrected chi connectivity index (χ0v) is 11.5. The first-order chi connectivity index (χ1) is 9.29. The van der Waals surface area contributed by atoms with Gasteiger partial charge in [0, 0.05) is 22.9 Å². The van der Waals surface area contributed by atoms with Crippen LogP contribution in [0.1, 0.15) is 11.1 Å². The Morgan fingerprint density at radius 2 is 2.00 bits per heavy atom. The molecule has 1 aliphatic heterocycles. The van der Waals surface area contributed by atoms with Crippen LogP contribution in [-0.4, -0.2) is 13.1 Å². The topological polar surface area (TPSA) is 29.3 Å². The summed E-state index contributed by atoms with van der Waals surface area (Å²) in [6, 6.07) is 14.8. The molecule has 0 fully saturated rings. The quantitative estimate of drug-likeness (QED) is 0.926. The highest BCUT2D eigenvalue weighted by Gasteiger charge is 2.20. The van der Waals surface area contributed by atoms with Crippen LogP contribution in [0.5, 0.6) is 0 Å². The van der Waals surface area contributed by atoms with Crippen molar-refractivity contribution in [1.29, 1.82) is 0 Å². The van der Waals surface area contributed by atoms with Crippen LogP contribution in [0.4, 0.5) is 11.4 Å². The van der Waals surface area contributed by atoms with Crippen LogP contribution in [0.2, 0.25) is 5.02 Å². The summed E-state index contributed by atoms with van der Waals surface area (Å²) in [7, 11) is 0. The summed E-state index contributed by atoms with van der Waals surface area (Å²) < 4.78 is 0. The molecule has 0 saturated carbocycles. The average Bonchev–Trinajstić information content (AvgIpc) is 2.85. The van der Waals surface area contributed by atoms with Crippen molar-refractivity contribution in [3.05, 3.63) is 58.6 Å². The summed E-state index contributed by atoms with van der Waals surface area (Å²) in [6.45, 7) is 1.65. The zero-order chi connectivity index (χ0) is 13.2. The van der Waals surface area contributed by atoms with Crippen molar-refractivity contribution in [3.8, 4) is 0 Å². The highest BCUT2D eigenvalue weighted by molar-refractivity contribution is 6.31. The zero-order valence-electron chi connectivity index (χ0n) is 10.8. The SMILES string of the molecule is NCCc1ccc(N2CCc3ccccc32)cc1Cl. The molecular formula is C16H17ClN2. The number of para-hydroxylation sites is 1. The van der Waals surface area contributed by atoms with Gasteiger partial charge in [0.15, 0.2) is 0 Å². The lowest BCUT2D eigenvalue weighted by Crippen LogP contribution is -2.13. The molecular weight excluding hydrogens is 256 g/mol. The number of rotatable bonds is 3. The van der Waals surface area contributed by atoms with E-state index in [0.717, 1.165) is 35.7 Å². The molecule has 3 rings (SSSR count). The van der Waals surface area contributed by atoms with Gasteiger partial charge in [0.25, 0.3) is 0 Å². The molecule has 0 unspecified atom stereocenters. The number of hydrogen-bond donors (Lipinski definition) is 1. The molecule has 0 aromatic heterocycles. The van der Waals surface area contributed by atoms with Gasteiger partial charge in [0.2, 0.25) is 0 Å². The second-order valence-corrected chi connectivity index (χ2v) is 5.25. The molecule has 0 saturated heterocycles. The molecule has 98 valence electrons. The summed E-state index contributed by atoms with van der Waals surface area (Å²) in [5.41, 5.74) is 10.6. The van der Waals surface area contributed by atoms with Crippen molar-refractivity contribution >= 4 is 23.0 Å². The smallest absolute Gasteiger partial charge is 0.0459 e. The Labute approximate surface area is 118 Å². The van der Waals surface area contributed by atoms with Crippen molar-refractivity contribution in [3.63, 3.8) is 0 Å². The van der Waals surface area contributed by atoms with Crippen molar-refractivity contribution in [1.82, 2.24) is 0 Å². The number of benzene rings is 2. The predicted octanol–water partition coefficient (Wildman–Crippen LogP) is 3.54. The minimum absolute atomic E-state index is 0.631. The Morgan fingerprint density at radius 3 is 2.79 bits per heavy atom. The molecule has 2 N–H and O–H groups in total. The molecule has 0 atom stereocenters. The number of nitrogens with two attached hydrogens (primary N) is 1. The van der Waals surface area contributed by atoms with Gasteiger partial charge >= 0.3 is 0 Å². The molecule has 2 aromatic rings. The number of halogens is 1. The second-order valence-electron chi connectivity index (χ2n) is 4.84. The van der Waals surface area contributed by atoms with Gasteiger partial charge in [-0.15, -0.1) is 0 Å². The minimum atomic E-state index is 0.631. The Morgan fingerprint density at radius 1 is 1.16 bits per heavy atom. The summed E-state index contributed by atoms with van der Waals surface area (Å²) >= 11 is 6.33. The minimum Gasteiger partial charge on any atom is -0.341 e. The van der Waals surface area contributed by atoms with Gasteiger partial charge in [0.1, 0.15) is 0 Å². The molecule has 2 aromatic carbocycles. The van der Waals surface area contributed by atoms with Crippen molar-refractivity contribution in [2.75, 3.05) is 18.0 Å². The van der Waals surface area contributed by atoms with E-state index < -0.39 is 0 Å². The van der Waals surface area contributed by atoms with E-state index in [1.54, 1.807) is 0 Å². The van der Waals surface area contributed by atoms with Crippen molar-refractivity contribution < 1.29 is 0 Å². The lowest BCUT2D eigenvalue weighted by atomic mass is 10.1. The fourth-order valence-electron chi connectivity index (χ4n) is 2.67. The van der Waals surface area contributed by atoms with E-state index in [1.807, 2.05) is 0 Å². The Hall–Kier alpha value is -1.51. The third-order valence-electron chi connectivity index (χ3n) is 3.65. The van der Waals surface area contributed by atoms with E-state index >= 15 is 0 Å². The standard InChI is InChI=1S/C16H17ClN2/c17-15-11-14(6-5-12(15)7-9-18)19-10-8-13-3-1-2-4-16(13)19/h1-6,11H,7-10,18H2. The lowest BCUT2D eigenvalue weighted by molar-refractivity contribution is 0.964. The lowest BCUT2D eigenvalue weighted by Gasteiger charge is -2.20. The Balaban J connectivity index is 1.94. The molecule has 0 spiro atoms. The Kier molecular flexibility index (Phi) is 3.45. The summed E-state index contributed by atoms with van der Waals surface area (Å²) in [5.74, 6) is 0. The highest BCUT2D eigenvalue weighted by atomic mass is 35.5. The van der Waals surface area contributed by atoms with E-state index in [0.29, 0.717) is 6.54 Å². The van der Waals surface area contributed by atoms with Crippen LogP contribution in [-0.2, 0) is 12.8 Å². The van der Waals surface area contributed by atoms with Gasteiger partial charge in [-0.1, -0.05) is 35.9 Å². The first kappa shape index (κ1) is 12.5. The molecule has 3 heteroatoms. The third-order valence-corrected chi connectivity index (χ3v) is 4.00. The van der Waals surface area contributed by atoms with Crippen LogP contribution in [0.15, 0.2) is 42.5 Å². The number of hydrogen-bond acceptors (Lipinski definition) is 2. The van der Waals surface area contributed by atoms with Gasteiger partial charge < -0.3 is 10.6 Å². The summed E-state index contributed by atoms with van der Waals surface area (Å²) in [6.07, 6.45) is 1.92. The van der Waals surface area contributed by atoms with Gasteiger partial charge in [0.05, 0.1) is 0 Å². The third kappa shape index (κ3) is 2.34. The molecule has 0 radical (unpaired) electrons. The van der Waals surface area contributed by atoms with E-state index in [9.17, 15) is 0 Å². The fourth-order valence-corrected chi connectivity index (χ4v) is 2.94. The van der Waals surface area contributed by atoms with E-state index in [-0.39, 0.29) is 0 Å². The van der Waals surface area contributed by atoms with Gasteiger partial charge in [-0.05, 0) is 48.7 Å². The van der Waals surface area contributed by atoms with Crippen LogP contribution in [0.25, 0.3) is 0 Å². The maximum atomic E-state index is 6.33. The number of nitrogens with zero attached hydrogens (tertiary/aromatic N) is 1. The van der Waals surface area contributed by atoms with Gasteiger partial charge in [-0.2, -0.15) is 0 Å². The largest absolute Gasteiger partial charge is 0.341 e. The molecule has 19 heavy (non-hydrogen) atoms. The molecule has 0 aliphatic carbocycles. The predicted molar refractivity (Wildman–Crippen MR) is 81.4 cm³/mol. The maximum absolute atomic E-state index is 6.33. The molecule has 1 aliphatic rings. The number of anilines is 2. The second kappa shape index (κ2) is 5.24. The first-order valence-corrected chi connectivity index (χ1v) is 7.01. The van der Waals surface area contributed by atoms with E-state index in [4.69, 9.17) is 17.3 Å². The van der Waals surface area contributed by atoms with Crippen LogP contribution < -0.4 is 10.6 Å². The van der Waals surface area contributed by atoms with Crippen molar-refractivity contribution in [2.45, 2.75) is 12.8 Å². The van der Waals surface area contributed by atoms with Gasteiger partial charge in [-0.25, -0.2) is 0 Å². The Bertz CT molecular complexity index is 595. The first-order valence-electron chi connectivity index (χ1n) is 6.63. The number of fused-ring (bicyclic) bond motifs is 1.